The van der Waals surface area contributed by atoms with Crippen LogP contribution in [0.15, 0.2) is 58.1 Å². The summed E-state index contributed by atoms with van der Waals surface area (Å²) < 4.78 is 2.34. The van der Waals surface area contributed by atoms with Crippen LogP contribution in [0.25, 0.3) is 10.9 Å². The zero-order chi connectivity index (χ0) is 17.4. The van der Waals surface area contributed by atoms with Crippen molar-refractivity contribution < 1.29 is 4.79 Å². The number of aromatic nitrogens is 2. The van der Waals surface area contributed by atoms with Crippen molar-refractivity contribution in [2.45, 2.75) is 19.4 Å². The maximum absolute atomic E-state index is 12.6. The molecule has 3 aromatic rings. The van der Waals surface area contributed by atoms with E-state index in [0.717, 1.165) is 16.6 Å². The van der Waals surface area contributed by atoms with Crippen molar-refractivity contribution in [1.29, 1.82) is 0 Å². The van der Waals surface area contributed by atoms with Crippen molar-refractivity contribution in [2.75, 3.05) is 11.4 Å². The maximum Gasteiger partial charge on any atom is 0.261 e. The molecule has 0 bridgehead atoms. The van der Waals surface area contributed by atoms with Gasteiger partial charge in [0.2, 0.25) is 5.91 Å². The van der Waals surface area contributed by atoms with Crippen LogP contribution in [0.5, 0.6) is 0 Å². The van der Waals surface area contributed by atoms with Gasteiger partial charge in [0.25, 0.3) is 5.56 Å². The third-order valence-corrected chi connectivity index (χ3v) is 5.03. The van der Waals surface area contributed by atoms with Gasteiger partial charge in [0.05, 0.1) is 17.2 Å². The van der Waals surface area contributed by atoms with E-state index < -0.39 is 0 Å². The van der Waals surface area contributed by atoms with Gasteiger partial charge >= 0.3 is 0 Å². The second-order valence-electron chi connectivity index (χ2n) is 6.08. The van der Waals surface area contributed by atoms with E-state index in [4.69, 9.17) is 0 Å². The lowest BCUT2D eigenvalue weighted by molar-refractivity contribution is -0.118. The first-order valence-corrected chi connectivity index (χ1v) is 8.96. The molecule has 0 fully saturated rings. The molecule has 0 N–H and O–H groups in total. The Balaban J connectivity index is 1.54. The number of rotatable bonds is 3. The van der Waals surface area contributed by atoms with E-state index in [2.05, 4.69) is 27.0 Å². The van der Waals surface area contributed by atoms with Crippen molar-refractivity contribution in [3.63, 3.8) is 0 Å². The summed E-state index contributed by atoms with van der Waals surface area (Å²) in [6, 6.07) is 13.4. The van der Waals surface area contributed by atoms with Crippen molar-refractivity contribution in [1.82, 2.24) is 9.55 Å². The molecule has 0 atom stereocenters. The zero-order valence-electron chi connectivity index (χ0n) is 13.5. The minimum atomic E-state index is -0.124. The highest BCUT2D eigenvalue weighted by atomic mass is 79.9. The first-order chi connectivity index (χ1) is 12.1. The van der Waals surface area contributed by atoms with Crippen molar-refractivity contribution in [3.05, 3.63) is 69.2 Å². The summed E-state index contributed by atoms with van der Waals surface area (Å²) >= 11 is 3.38. The fraction of sp³-hybridized carbons (Fsp3) is 0.211. The van der Waals surface area contributed by atoms with E-state index in [9.17, 15) is 9.59 Å². The van der Waals surface area contributed by atoms with Gasteiger partial charge in [-0.1, -0.05) is 34.1 Å². The van der Waals surface area contributed by atoms with Crippen molar-refractivity contribution in [3.8, 4) is 0 Å². The van der Waals surface area contributed by atoms with E-state index in [1.165, 1.54) is 16.5 Å². The summed E-state index contributed by atoms with van der Waals surface area (Å²) in [5, 5.41) is 0.552. The molecule has 1 aromatic heterocycles. The SMILES string of the molecule is O=C(CCn1cnc2ccc(Br)cc2c1=O)N1CCc2ccccc21. The maximum atomic E-state index is 12.6. The second kappa shape index (κ2) is 6.44. The Morgan fingerprint density at radius 2 is 2.04 bits per heavy atom. The van der Waals surface area contributed by atoms with Crippen LogP contribution in [-0.4, -0.2) is 22.0 Å². The van der Waals surface area contributed by atoms with Gasteiger partial charge in [-0.05, 0) is 36.2 Å². The molecular weight excluding hydrogens is 382 g/mol. The standard InChI is InChI=1S/C19H16BrN3O2/c20-14-5-6-16-15(11-14)19(25)22(12-21-16)9-8-18(24)23-10-7-13-3-1-2-4-17(13)23/h1-6,11-12H,7-10H2. The number of halogens is 1. The summed E-state index contributed by atoms with van der Waals surface area (Å²) in [4.78, 5) is 31.3. The monoisotopic (exact) mass is 397 g/mol. The van der Waals surface area contributed by atoms with Crippen LogP contribution in [0.1, 0.15) is 12.0 Å². The van der Waals surface area contributed by atoms with E-state index in [0.29, 0.717) is 24.0 Å². The molecule has 6 heteroatoms. The first-order valence-electron chi connectivity index (χ1n) is 8.16. The Morgan fingerprint density at radius 3 is 2.92 bits per heavy atom. The number of fused-ring (bicyclic) bond motifs is 2. The Bertz CT molecular complexity index is 1030. The Kier molecular flexibility index (Phi) is 4.13. The molecule has 1 aliphatic heterocycles. The number of amides is 1. The van der Waals surface area contributed by atoms with Crippen molar-refractivity contribution in [2.24, 2.45) is 0 Å². The molecule has 1 aliphatic rings. The Labute approximate surface area is 153 Å². The fourth-order valence-electron chi connectivity index (χ4n) is 3.24. The molecule has 0 saturated carbocycles. The molecule has 2 aromatic carbocycles. The molecule has 5 nitrogen and oxygen atoms in total. The minimum absolute atomic E-state index is 0.0335. The van der Waals surface area contributed by atoms with Crippen LogP contribution < -0.4 is 10.5 Å². The third-order valence-electron chi connectivity index (χ3n) is 4.54. The molecule has 126 valence electrons. The van der Waals surface area contributed by atoms with Crippen LogP contribution in [0.4, 0.5) is 5.69 Å². The van der Waals surface area contributed by atoms with E-state index in [1.54, 1.807) is 12.1 Å². The number of aryl methyl sites for hydroxylation is 1. The quantitative estimate of drug-likeness (QED) is 0.681. The van der Waals surface area contributed by atoms with Crippen LogP contribution in [0, 0.1) is 0 Å². The predicted octanol–water partition coefficient (Wildman–Crippen LogP) is 3.14. The molecule has 1 amide bonds. The highest BCUT2D eigenvalue weighted by Gasteiger charge is 2.23. The zero-order valence-corrected chi connectivity index (χ0v) is 15.1. The van der Waals surface area contributed by atoms with E-state index >= 15 is 0 Å². The molecule has 0 saturated heterocycles. The number of carbonyl (C=O) groups excluding carboxylic acids is 1. The number of para-hydroxylation sites is 1. The topological polar surface area (TPSA) is 55.2 Å². The number of carbonyl (C=O) groups is 1. The van der Waals surface area contributed by atoms with Gasteiger partial charge in [-0.3, -0.25) is 14.2 Å². The molecule has 25 heavy (non-hydrogen) atoms. The molecule has 4 rings (SSSR count). The molecular formula is C19H16BrN3O2. The largest absolute Gasteiger partial charge is 0.312 e. The highest BCUT2D eigenvalue weighted by Crippen LogP contribution is 2.27. The van der Waals surface area contributed by atoms with Crippen molar-refractivity contribution >= 4 is 38.4 Å². The average molecular weight is 398 g/mol. The van der Waals surface area contributed by atoms with E-state index in [-0.39, 0.29) is 17.9 Å². The second-order valence-corrected chi connectivity index (χ2v) is 6.99. The van der Waals surface area contributed by atoms with Gasteiger partial charge in [-0.25, -0.2) is 4.98 Å². The van der Waals surface area contributed by atoms with E-state index in [1.807, 2.05) is 29.2 Å². The van der Waals surface area contributed by atoms with Crippen LogP contribution in [0.3, 0.4) is 0 Å². The summed E-state index contributed by atoms with van der Waals surface area (Å²) in [6.07, 6.45) is 2.67. The van der Waals surface area contributed by atoms with Gasteiger partial charge < -0.3 is 4.90 Å². The van der Waals surface area contributed by atoms with Crippen LogP contribution >= 0.6 is 15.9 Å². The number of benzene rings is 2. The molecule has 0 unspecified atom stereocenters. The number of hydrogen-bond acceptors (Lipinski definition) is 3. The first kappa shape index (κ1) is 16.0. The number of hydrogen-bond donors (Lipinski definition) is 0. The van der Waals surface area contributed by atoms with Gasteiger partial charge in [-0.2, -0.15) is 0 Å². The van der Waals surface area contributed by atoms with Gasteiger partial charge in [0.1, 0.15) is 0 Å². The number of nitrogens with zero attached hydrogens (tertiary/aromatic N) is 3. The lowest BCUT2D eigenvalue weighted by atomic mass is 10.2. The molecule has 2 heterocycles. The van der Waals surface area contributed by atoms with Gasteiger partial charge in [-0.15, -0.1) is 0 Å². The van der Waals surface area contributed by atoms with Gasteiger partial charge in [0.15, 0.2) is 0 Å². The molecule has 0 aliphatic carbocycles. The van der Waals surface area contributed by atoms with Crippen LogP contribution in [0.2, 0.25) is 0 Å². The van der Waals surface area contributed by atoms with Crippen LogP contribution in [-0.2, 0) is 17.8 Å². The smallest absolute Gasteiger partial charge is 0.261 e. The minimum Gasteiger partial charge on any atom is -0.312 e. The summed E-state index contributed by atoms with van der Waals surface area (Å²) in [6.45, 7) is 1.03. The third kappa shape index (κ3) is 2.98. The van der Waals surface area contributed by atoms with Gasteiger partial charge in [0, 0.05) is 29.7 Å². The molecule has 0 radical (unpaired) electrons. The highest BCUT2D eigenvalue weighted by molar-refractivity contribution is 9.10. The Morgan fingerprint density at radius 1 is 1.20 bits per heavy atom. The summed E-state index contributed by atoms with van der Waals surface area (Å²) in [7, 11) is 0. The lowest BCUT2D eigenvalue weighted by Gasteiger charge is -2.17. The lowest BCUT2D eigenvalue weighted by Crippen LogP contribution is -2.31. The molecule has 0 spiro atoms. The summed E-state index contributed by atoms with van der Waals surface area (Å²) in [5.41, 5.74) is 2.72. The summed E-state index contributed by atoms with van der Waals surface area (Å²) in [5.74, 6) is 0.0335. The fourth-order valence-corrected chi connectivity index (χ4v) is 3.60. The average Bonchev–Trinajstić information content (AvgIpc) is 3.05. The normalized spacial score (nSPS) is 13.2. The number of anilines is 1. The Hall–Kier alpha value is -2.47. The predicted molar refractivity (Wildman–Crippen MR) is 101 cm³/mol.